The average Bonchev–Trinajstić information content (AvgIpc) is 3.10. The number of aliphatic hydroxyl groups is 3. The van der Waals surface area contributed by atoms with Crippen molar-refractivity contribution < 1.29 is 24.4 Å². The van der Waals surface area contributed by atoms with Crippen LogP contribution in [0.4, 0.5) is 10.2 Å². The fraction of sp³-hybridized carbons (Fsp3) is 0.421. The zero-order chi connectivity index (χ0) is 19.3. The van der Waals surface area contributed by atoms with Crippen molar-refractivity contribution in [2.24, 2.45) is 4.99 Å². The number of benzene rings is 1. The van der Waals surface area contributed by atoms with E-state index in [2.05, 4.69) is 4.99 Å². The van der Waals surface area contributed by atoms with Crippen molar-refractivity contribution in [3.8, 4) is 0 Å². The Morgan fingerprint density at radius 2 is 2.00 bits per heavy atom. The van der Waals surface area contributed by atoms with Gasteiger partial charge < -0.3 is 29.5 Å². The van der Waals surface area contributed by atoms with Gasteiger partial charge in [-0.15, -0.1) is 0 Å². The molecule has 4 rings (SSSR count). The molecule has 0 spiro atoms. The van der Waals surface area contributed by atoms with Crippen LogP contribution in [0.15, 0.2) is 41.5 Å². The molecule has 144 valence electrons. The SMILES string of the molecule is CN1C=Nc2c(c(F)cn2[C@@H]2O[C@H](CO)[C@@H](O)[C@]2(C)O)C1c1ccccc1. The number of halogens is 1. The minimum Gasteiger partial charge on any atom is -0.394 e. The molecule has 7 nitrogen and oxygen atoms in total. The van der Waals surface area contributed by atoms with E-state index in [0.717, 1.165) is 5.56 Å². The molecule has 2 aliphatic rings. The van der Waals surface area contributed by atoms with Gasteiger partial charge in [0.15, 0.2) is 6.23 Å². The second-order valence-electron chi connectivity index (χ2n) is 7.22. The van der Waals surface area contributed by atoms with Crippen molar-refractivity contribution >= 4 is 12.2 Å². The van der Waals surface area contributed by atoms with Gasteiger partial charge in [-0.05, 0) is 12.5 Å². The maximum atomic E-state index is 15.0. The molecule has 0 saturated carbocycles. The molecule has 2 aromatic rings. The molecular weight excluding hydrogens is 353 g/mol. The first kappa shape index (κ1) is 18.1. The quantitative estimate of drug-likeness (QED) is 0.753. The van der Waals surface area contributed by atoms with Gasteiger partial charge in [-0.3, -0.25) is 0 Å². The third-order valence-electron chi connectivity index (χ3n) is 5.34. The number of hydrogen-bond acceptors (Lipinski definition) is 6. The summed E-state index contributed by atoms with van der Waals surface area (Å²) < 4.78 is 22.0. The van der Waals surface area contributed by atoms with Crippen LogP contribution >= 0.6 is 0 Å². The predicted molar refractivity (Wildman–Crippen MR) is 96.2 cm³/mol. The van der Waals surface area contributed by atoms with E-state index in [1.165, 1.54) is 17.7 Å². The summed E-state index contributed by atoms with van der Waals surface area (Å²) in [5.74, 6) is -0.167. The summed E-state index contributed by atoms with van der Waals surface area (Å²) in [7, 11) is 1.81. The molecule has 27 heavy (non-hydrogen) atoms. The Morgan fingerprint density at radius 3 is 2.63 bits per heavy atom. The molecule has 0 amide bonds. The highest BCUT2D eigenvalue weighted by Gasteiger charge is 2.53. The summed E-state index contributed by atoms with van der Waals surface area (Å²) >= 11 is 0. The van der Waals surface area contributed by atoms with Crippen LogP contribution in [-0.4, -0.2) is 62.6 Å². The van der Waals surface area contributed by atoms with Crippen LogP contribution in [0.2, 0.25) is 0 Å². The molecule has 8 heteroatoms. The maximum Gasteiger partial charge on any atom is 0.167 e. The highest BCUT2D eigenvalue weighted by Crippen LogP contribution is 2.46. The number of nitrogens with zero attached hydrogens (tertiary/aromatic N) is 3. The van der Waals surface area contributed by atoms with Gasteiger partial charge in [-0.25, -0.2) is 9.38 Å². The molecule has 0 aliphatic carbocycles. The molecule has 5 atom stereocenters. The highest BCUT2D eigenvalue weighted by molar-refractivity contribution is 5.68. The van der Waals surface area contributed by atoms with Crippen molar-refractivity contribution in [3.05, 3.63) is 53.5 Å². The topological polar surface area (TPSA) is 90.5 Å². The molecule has 1 saturated heterocycles. The predicted octanol–water partition coefficient (Wildman–Crippen LogP) is 1.32. The normalized spacial score (nSPS) is 32.7. The monoisotopic (exact) mass is 375 g/mol. The molecule has 1 unspecified atom stereocenters. The molecule has 2 aliphatic heterocycles. The standard InChI is InChI=1S/C19H22FN3O4/c1-19(26)16(25)13(9-24)27-18(19)23-8-12(20)14-15(11-6-4-3-5-7-11)22(2)10-21-17(14)23/h3-8,10,13,15-16,18,24-26H,9H2,1-2H3/t13-,15?,16-,18-,19+/m1/s1. The van der Waals surface area contributed by atoms with Gasteiger partial charge in [0.1, 0.15) is 29.4 Å². The van der Waals surface area contributed by atoms with Crippen LogP contribution in [-0.2, 0) is 4.74 Å². The fourth-order valence-electron chi connectivity index (χ4n) is 3.91. The molecule has 1 fully saturated rings. The summed E-state index contributed by atoms with van der Waals surface area (Å²) in [5, 5.41) is 30.4. The molecule has 3 heterocycles. The first-order valence-corrected chi connectivity index (χ1v) is 8.74. The lowest BCUT2D eigenvalue weighted by Gasteiger charge is -2.32. The lowest BCUT2D eigenvalue weighted by Crippen LogP contribution is -2.44. The molecule has 1 aromatic carbocycles. The summed E-state index contributed by atoms with van der Waals surface area (Å²) in [6, 6.07) is 9.10. The number of fused-ring (bicyclic) bond motifs is 1. The van der Waals surface area contributed by atoms with E-state index in [4.69, 9.17) is 4.74 Å². The third kappa shape index (κ3) is 2.68. The van der Waals surface area contributed by atoms with Gasteiger partial charge in [0, 0.05) is 13.2 Å². The largest absolute Gasteiger partial charge is 0.394 e. The average molecular weight is 375 g/mol. The molecule has 0 bridgehead atoms. The van der Waals surface area contributed by atoms with Crippen LogP contribution in [0.5, 0.6) is 0 Å². The Bertz CT molecular complexity index is 867. The zero-order valence-electron chi connectivity index (χ0n) is 15.0. The van der Waals surface area contributed by atoms with Crippen molar-refractivity contribution in [1.29, 1.82) is 0 Å². The van der Waals surface area contributed by atoms with E-state index >= 15 is 4.39 Å². The minimum atomic E-state index is -1.71. The van der Waals surface area contributed by atoms with Gasteiger partial charge in [0.05, 0.1) is 24.6 Å². The van der Waals surface area contributed by atoms with Crippen LogP contribution in [0.1, 0.15) is 30.3 Å². The van der Waals surface area contributed by atoms with E-state index in [0.29, 0.717) is 11.4 Å². The van der Waals surface area contributed by atoms with E-state index in [9.17, 15) is 15.3 Å². The number of rotatable bonds is 3. The van der Waals surface area contributed by atoms with Crippen LogP contribution in [0.25, 0.3) is 0 Å². The third-order valence-corrected chi connectivity index (χ3v) is 5.34. The number of aromatic nitrogens is 1. The van der Waals surface area contributed by atoms with Gasteiger partial charge in [0.2, 0.25) is 0 Å². The Labute approximate surface area is 155 Å². The summed E-state index contributed by atoms with van der Waals surface area (Å²) in [6.45, 7) is 0.939. The lowest BCUT2D eigenvalue weighted by molar-refractivity contribution is -0.0958. The van der Waals surface area contributed by atoms with Crippen molar-refractivity contribution in [1.82, 2.24) is 9.47 Å². The molecule has 3 N–H and O–H groups in total. The summed E-state index contributed by atoms with van der Waals surface area (Å²) in [4.78, 5) is 6.15. The van der Waals surface area contributed by atoms with Crippen LogP contribution in [0, 0.1) is 5.82 Å². The van der Waals surface area contributed by atoms with Gasteiger partial charge in [-0.1, -0.05) is 30.3 Å². The Balaban J connectivity index is 1.82. The van der Waals surface area contributed by atoms with E-state index in [-0.39, 0.29) is 6.04 Å². The zero-order valence-corrected chi connectivity index (χ0v) is 15.0. The van der Waals surface area contributed by atoms with Crippen molar-refractivity contribution in [2.75, 3.05) is 13.7 Å². The Hall–Kier alpha value is -2.26. The fourth-order valence-corrected chi connectivity index (χ4v) is 3.91. The number of aliphatic hydroxyl groups excluding tert-OH is 2. The van der Waals surface area contributed by atoms with Gasteiger partial charge in [-0.2, -0.15) is 0 Å². The first-order chi connectivity index (χ1) is 12.9. The van der Waals surface area contributed by atoms with Gasteiger partial charge >= 0.3 is 0 Å². The smallest absolute Gasteiger partial charge is 0.167 e. The number of aliphatic imine (C=N–C) groups is 1. The lowest BCUT2D eigenvalue weighted by atomic mass is 9.96. The first-order valence-electron chi connectivity index (χ1n) is 8.74. The number of ether oxygens (including phenoxy) is 1. The van der Waals surface area contributed by atoms with E-state index in [1.807, 2.05) is 42.3 Å². The molecule has 0 radical (unpaired) electrons. The van der Waals surface area contributed by atoms with Crippen LogP contribution in [0.3, 0.4) is 0 Å². The molecular formula is C19H22FN3O4. The van der Waals surface area contributed by atoms with Crippen LogP contribution < -0.4 is 0 Å². The highest BCUT2D eigenvalue weighted by atomic mass is 19.1. The molecule has 1 aromatic heterocycles. The summed E-state index contributed by atoms with van der Waals surface area (Å²) in [6.07, 6.45) is -0.539. The Kier molecular flexibility index (Phi) is 4.31. The van der Waals surface area contributed by atoms with Crippen molar-refractivity contribution in [3.63, 3.8) is 0 Å². The van der Waals surface area contributed by atoms with E-state index in [1.54, 1.807) is 6.34 Å². The second-order valence-corrected chi connectivity index (χ2v) is 7.22. The summed E-state index contributed by atoms with van der Waals surface area (Å²) in [5.41, 5.74) is -0.447. The van der Waals surface area contributed by atoms with Crippen molar-refractivity contribution in [2.45, 2.75) is 37.0 Å². The Morgan fingerprint density at radius 1 is 1.30 bits per heavy atom. The second kappa shape index (κ2) is 6.42. The van der Waals surface area contributed by atoms with Gasteiger partial charge in [0.25, 0.3) is 0 Å². The van der Waals surface area contributed by atoms with E-state index < -0.39 is 36.5 Å². The maximum absolute atomic E-state index is 15.0. The number of hydrogen-bond donors (Lipinski definition) is 3. The minimum absolute atomic E-state index is 0.315.